The van der Waals surface area contributed by atoms with E-state index in [2.05, 4.69) is 4.74 Å². The van der Waals surface area contributed by atoms with Crippen LogP contribution in [0.15, 0.2) is 0 Å². The average molecular weight is 275 g/mol. The fraction of sp³-hybridized carbons (Fsp3) is 0.625. The average Bonchev–Trinajstić information content (AvgIpc) is 2.27. The fourth-order valence-electron chi connectivity index (χ4n) is 0.804. The highest BCUT2D eigenvalue weighted by molar-refractivity contribution is 5.90. The van der Waals surface area contributed by atoms with Gasteiger partial charge in [0.1, 0.15) is 6.04 Å². The van der Waals surface area contributed by atoms with Gasteiger partial charge in [-0.2, -0.15) is 8.78 Å². The molecule has 0 radical (unpaired) electrons. The van der Waals surface area contributed by atoms with Crippen LogP contribution in [0.25, 0.3) is 0 Å². The minimum absolute atomic E-state index is 0.900. The lowest BCUT2D eigenvalue weighted by Crippen LogP contribution is -2.52. The summed E-state index contributed by atoms with van der Waals surface area (Å²) in [7, 11) is 0.900. The molecule has 0 aliphatic heterocycles. The third-order valence-corrected chi connectivity index (χ3v) is 1.78. The molecule has 0 aromatic rings. The second-order valence-corrected chi connectivity index (χ2v) is 3.07. The summed E-state index contributed by atoms with van der Waals surface area (Å²) in [6.45, 7) is 0. The zero-order valence-electron chi connectivity index (χ0n) is 8.95. The van der Waals surface area contributed by atoms with Crippen molar-refractivity contribution < 1.29 is 41.8 Å². The Bertz CT molecular complexity index is 346. The van der Waals surface area contributed by atoms with Crippen molar-refractivity contribution in [1.29, 1.82) is 0 Å². The van der Waals surface area contributed by atoms with E-state index in [1.807, 2.05) is 0 Å². The molecule has 0 aromatic heterocycles. The Labute approximate surface area is 97.9 Å². The molecule has 0 rings (SSSR count). The molecule has 1 amide bonds. The van der Waals surface area contributed by atoms with Crippen LogP contribution < -0.4 is 5.32 Å². The molecule has 18 heavy (non-hydrogen) atoms. The van der Waals surface area contributed by atoms with Gasteiger partial charge >= 0.3 is 24.3 Å². The number of aliphatic carboxylic acids is 1. The van der Waals surface area contributed by atoms with Crippen LogP contribution in [0, 0.1) is 0 Å². The molecule has 104 valence electrons. The highest BCUT2D eigenvalue weighted by Crippen LogP contribution is 2.23. The lowest BCUT2D eigenvalue weighted by atomic mass is 10.2. The zero-order valence-corrected chi connectivity index (χ0v) is 8.95. The van der Waals surface area contributed by atoms with Gasteiger partial charge in [-0.05, 0) is 0 Å². The number of carbonyl (C=O) groups is 3. The second-order valence-electron chi connectivity index (χ2n) is 3.07. The predicted molar refractivity (Wildman–Crippen MR) is 47.2 cm³/mol. The summed E-state index contributed by atoms with van der Waals surface area (Å²) in [5.41, 5.74) is 0. The molecular weight excluding hydrogens is 266 g/mol. The first-order chi connectivity index (χ1) is 8.12. The van der Waals surface area contributed by atoms with Gasteiger partial charge in [0.05, 0.1) is 13.5 Å². The van der Waals surface area contributed by atoms with Crippen molar-refractivity contribution in [2.45, 2.75) is 24.8 Å². The molecule has 0 saturated heterocycles. The summed E-state index contributed by atoms with van der Waals surface area (Å²) < 4.78 is 52.7. The standard InChI is InChI=1S/C8H9F4NO5/c1-18-4(14)2-3(5(15)16)13-7(17)8(11,12)6(9)10/h3,6H,2H2,1H3,(H,13,17)(H,15,16)/t3-/m0/s1. The van der Waals surface area contributed by atoms with E-state index in [9.17, 15) is 31.9 Å². The normalized spacial score (nSPS) is 13.0. The van der Waals surface area contributed by atoms with Crippen molar-refractivity contribution in [1.82, 2.24) is 5.32 Å². The van der Waals surface area contributed by atoms with Crippen LogP contribution in [0.2, 0.25) is 0 Å². The van der Waals surface area contributed by atoms with Crippen molar-refractivity contribution >= 4 is 17.8 Å². The SMILES string of the molecule is COC(=O)C[C@H](NC(=O)C(F)(F)C(F)F)C(=O)O. The lowest BCUT2D eigenvalue weighted by Gasteiger charge is -2.18. The van der Waals surface area contributed by atoms with Crippen molar-refractivity contribution in [2.24, 2.45) is 0 Å². The molecule has 10 heteroatoms. The molecule has 1 atom stereocenters. The molecule has 6 nitrogen and oxygen atoms in total. The predicted octanol–water partition coefficient (Wildman–Crippen LogP) is 0.0193. The maximum Gasteiger partial charge on any atom is 0.383 e. The van der Waals surface area contributed by atoms with Crippen LogP contribution in [-0.4, -0.2) is 48.5 Å². The van der Waals surface area contributed by atoms with Crippen LogP contribution >= 0.6 is 0 Å². The Balaban J connectivity index is 4.75. The summed E-state index contributed by atoms with van der Waals surface area (Å²) in [6.07, 6.45) is -5.25. The van der Waals surface area contributed by atoms with Crippen molar-refractivity contribution in [3.05, 3.63) is 0 Å². The maximum atomic E-state index is 12.5. The number of nitrogens with one attached hydrogen (secondary N) is 1. The first-order valence-corrected chi connectivity index (χ1v) is 4.39. The monoisotopic (exact) mass is 275 g/mol. The van der Waals surface area contributed by atoms with E-state index in [1.165, 1.54) is 0 Å². The molecule has 0 bridgehead atoms. The number of rotatable bonds is 6. The molecule has 0 aromatic carbocycles. The maximum absolute atomic E-state index is 12.5. The fourth-order valence-corrected chi connectivity index (χ4v) is 0.804. The van der Waals surface area contributed by atoms with Crippen LogP contribution in [0.4, 0.5) is 17.6 Å². The topological polar surface area (TPSA) is 92.7 Å². The second kappa shape index (κ2) is 6.17. The Kier molecular flexibility index (Phi) is 5.53. The first kappa shape index (κ1) is 16.1. The number of carboxylic acids is 1. The number of ether oxygens (including phenoxy) is 1. The molecule has 0 aliphatic carbocycles. The van der Waals surface area contributed by atoms with Crippen molar-refractivity contribution in [3.63, 3.8) is 0 Å². The minimum Gasteiger partial charge on any atom is -0.480 e. The number of carboxylic acid groups (broad SMARTS) is 1. The van der Waals surface area contributed by atoms with Gasteiger partial charge in [-0.15, -0.1) is 0 Å². The first-order valence-electron chi connectivity index (χ1n) is 4.39. The van der Waals surface area contributed by atoms with Crippen molar-refractivity contribution in [2.75, 3.05) is 7.11 Å². The van der Waals surface area contributed by atoms with E-state index in [0.717, 1.165) is 12.4 Å². The molecule has 0 aliphatic rings. The highest BCUT2D eigenvalue weighted by Gasteiger charge is 2.50. The van der Waals surface area contributed by atoms with Crippen LogP contribution in [0.3, 0.4) is 0 Å². The van der Waals surface area contributed by atoms with Crippen LogP contribution in [0.1, 0.15) is 6.42 Å². The number of hydrogen-bond donors (Lipinski definition) is 2. The highest BCUT2D eigenvalue weighted by atomic mass is 19.3. The Morgan fingerprint density at radius 3 is 2.17 bits per heavy atom. The van der Waals surface area contributed by atoms with Gasteiger partial charge in [-0.1, -0.05) is 0 Å². The zero-order chi connectivity index (χ0) is 14.5. The molecular formula is C8H9F4NO5. The molecule has 0 fully saturated rings. The number of halogens is 4. The minimum atomic E-state index is -5.04. The summed E-state index contributed by atoms with van der Waals surface area (Å²) in [6, 6.07) is -2.07. The van der Waals surface area contributed by atoms with E-state index in [-0.39, 0.29) is 0 Å². The molecule has 0 heterocycles. The van der Waals surface area contributed by atoms with Crippen LogP contribution in [-0.2, 0) is 19.1 Å². The Morgan fingerprint density at radius 2 is 1.83 bits per heavy atom. The molecule has 0 unspecified atom stereocenters. The van der Waals surface area contributed by atoms with E-state index in [4.69, 9.17) is 5.11 Å². The van der Waals surface area contributed by atoms with Gasteiger partial charge in [0.25, 0.3) is 5.91 Å². The summed E-state index contributed by atoms with van der Waals surface area (Å²) in [4.78, 5) is 32.0. The number of carbonyl (C=O) groups excluding carboxylic acids is 2. The molecule has 0 spiro atoms. The van der Waals surface area contributed by atoms with Gasteiger partial charge in [-0.25, -0.2) is 13.6 Å². The van der Waals surface area contributed by atoms with E-state index >= 15 is 0 Å². The van der Waals surface area contributed by atoms with Gasteiger partial charge in [0, 0.05) is 0 Å². The van der Waals surface area contributed by atoms with Gasteiger partial charge in [0.15, 0.2) is 0 Å². The number of esters is 1. The largest absolute Gasteiger partial charge is 0.480 e. The third-order valence-electron chi connectivity index (χ3n) is 1.78. The molecule has 0 saturated carbocycles. The number of hydrogen-bond acceptors (Lipinski definition) is 4. The van der Waals surface area contributed by atoms with Crippen LogP contribution in [0.5, 0.6) is 0 Å². The summed E-state index contributed by atoms with van der Waals surface area (Å²) >= 11 is 0. The van der Waals surface area contributed by atoms with E-state index < -0.39 is 42.7 Å². The Hall–Kier alpha value is -1.87. The number of amides is 1. The lowest BCUT2D eigenvalue weighted by molar-refractivity contribution is -0.172. The van der Waals surface area contributed by atoms with Crippen molar-refractivity contribution in [3.8, 4) is 0 Å². The number of methoxy groups -OCH3 is 1. The van der Waals surface area contributed by atoms with E-state index in [1.54, 1.807) is 0 Å². The molecule has 2 N–H and O–H groups in total. The third kappa shape index (κ3) is 4.18. The van der Waals surface area contributed by atoms with E-state index in [0.29, 0.717) is 0 Å². The smallest absolute Gasteiger partial charge is 0.383 e. The quantitative estimate of drug-likeness (QED) is 0.526. The summed E-state index contributed by atoms with van der Waals surface area (Å²) in [5.74, 6) is -10.5. The van der Waals surface area contributed by atoms with Gasteiger partial charge in [0.2, 0.25) is 0 Å². The Morgan fingerprint density at radius 1 is 1.33 bits per heavy atom. The van der Waals surface area contributed by atoms with Gasteiger partial charge < -0.3 is 15.2 Å². The summed E-state index contributed by atoms with van der Waals surface area (Å²) in [5, 5.41) is 9.65. The van der Waals surface area contributed by atoms with Gasteiger partial charge in [-0.3, -0.25) is 9.59 Å². The number of alkyl halides is 4.